The van der Waals surface area contributed by atoms with Gasteiger partial charge in [0.15, 0.2) is 5.96 Å². The van der Waals surface area contributed by atoms with Crippen LogP contribution in [0.3, 0.4) is 0 Å². The number of aliphatic imine (C=N–C) groups is 1. The zero-order chi connectivity index (χ0) is 20.5. The summed E-state index contributed by atoms with van der Waals surface area (Å²) in [5, 5.41) is 6.84. The second-order valence-corrected chi connectivity index (χ2v) is 7.76. The number of fused-ring (bicyclic) bond motifs is 1. The molecule has 4 nitrogen and oxygen atoms in total. The summed E-state index contributed by atoms with van der Waals surface area (Å²) in [5.74, 6) is 0.881. The monoisotopic (exact) mass is 390 g/mol. The summed E-state index contributed by atoms with van der Waals surface area (Å²) < 4.78 is 0. The van der Waals surface area contributed by atoms with Crippen LogP contribution in [0.2, 0.25) is 0 Å². The molecule has 0 radical (unpaired) electrons. The molecular formula is C25H34N4. The number of unbranched alkanes of at least 4 members (excludes halogenated alkanes) is 1. The van der Waals surface area contributed by atoms with Gasteiger partial charge in [-0.15, -0.1) is 0 Å². The van der Waals surface area contributed by atoms with Crippen LogP contribution in [-0.4, -0.2) is 25.6 Å². The van der Waals surface area contributed by atoms with Crippen molar-refractivity contribution in [3.8, 4) is 0 Å². The summed E-state index contributed by atoms with van der Waals surface area (Å²) in [4.78, 5) is 4.53. The maximum Gasteiger partial charge on any atom is 0.193 e. The summed E-state index contributed by atoms with van der Waals surface area (Å²) in [6.45, 7) is 7.21. The summed E-state index contributed by atoms with van der Waals surface area (Å²) >= 11 is 0. The fourth-order valence-electron chi connectivity index (χ4n) is 3.93. The second-order valence-electron chi connectivity index (χ2n) is 7.76. The van der Waals surface area contributed by atoms with Crippen molar-refractivity contribution in [3.05, 3.63) is 76.9 Å². The lowest BCUT2D eigenvalue weighted by Gasteiger charge is -2.29. The molecule has 0 amide bonds. The number of nitrogens with zero attached hydrogens (tertiary/aromatic N) is 1. The number of rotatable bonds is 9. The minimum absolute atomic E-state index is 0.380. The molecule has 1 aliphatic carbocycles. The van der Waals surface area contributed by atoms with Crippen molar-refractivity contribution in [1.29, 1.82) is 0 Å². The van der Waals surface area contributed by atoms with Gasteiger partial charge in [0.05, 0.1) is 0 Å². The molecule has 0 saturated carbocycles. The Morgan fingerprint density at radius 3 is 2.55 bits per heavy atom. The van der Waals surface area contributed by atoms with Crippen molar-refractivity contribution in [2.45, 2.75) is 45.4 Å². The number of benzene rings is 2. The molecule has 0 fully saturated rings. The fraction of sp³-hybridized carbons (Fsp3) is 0.400. The van der Waals surface area contributed by atoms with Gasteiger partial charge < -0.3 is 16.4 Å². The molecule has 4 heteroatoms. The van der Waals surface area contributed by atoms with E-state index >= 15 is 0 Å². The molecule has 1 aliphatic rings. The van der Waals surface area contributed by atoms with Crippen molar-refractivity contribution in [2.24, 2.45) is 10.7 Å². The summed E-state index contributed by atoms with van der Waals surface area (Å²) in [5.41, 5.74) is 12.6. The van der Waals surface area contributed by atoms with E-state index in [9.17, 15) is 0 Å². The van der Waals surface area contributed by atoms with Crippen molar-refractivity contribution in [2.75, 3.05) is 19.6 Å². The van der Waals surface area contributed by atoms with E-state index in [2.05, 4.69) is 84.1 Å². The first-order valence-electron chi connectivity index (χ1n) is 10.8. The van der Waals surface area contributed by atoms with E-state index in [1.165, 1.54) is 35.1 Å². The molecule has 0 bridgehead atoms. The quantitative estimate of drug-likeness (QED) is 0.332. The number of nitrogens with one attached hydrogen (secondary N) is 2. The van der Waals surface area contributed by atoms with Crippen LogP contribution in [0.15, 0.2) is 65.2 Å². The molecule has 2 aromatic carbocycles. The van der Waals surface area contributed by atoms with Crippen molar-refractivity contribution in [1.82, 2.24) is 10.6 Å². The number of hydrogen-bond acceptors (Lipinski definition) is 2. The summed E-state index contributed by atoms with van der Waals surface area (Å²) in [6, 6.07) is 19.4. The van der Waals surface area contributed by atoms with E-state index in [-0.39, 0.29) is 0 Å². The highest BCUT2D eigenvalue weighted by Crippen LogP contribution is 2.40. The van der Waals surface area contributed by atoms with Gasteiger partial charge in [0.25, 0.3) is 0 Å². The van der Waals surface area contributed by atoms with E-state index in [4.69, 9.17) is 5.73 Å². The van der Waals surface area contributed by atoms with Crippen LogP contribution < -0.4 is 16.4 Å². The van der Waals surface area contributed by atoms with Crippen LogP contribution in [0.25, 0.3) is 5.70 Å². The molecule has 0 spiro atoms. The van der Waals surface area contributed by atoms with E-state index in [1.54, 1.807) is 0 Å². The number of hydrogen-bond donors (Lipinski definition) is 3. The zero-order valence-corrected chi connectivity index (χ0v) is 17.7. The standard InChI is InChI=1S/C25H34N4/c1-3-4-15-27-16-10-17-28-25(26)29-24-19(2)18-23(20-11-6-5-7-12-20)21-13-8-9-14-22(21)24/h5-9,11-14,23,27H,3-4,10,15-18H2,1-2H3,(H3,26,28,29). The Bertz CT molecular complexity index is 839. The first-order valence-corrected chi connectivity index (χ1v) is 10.8. The van der Waals surface area contributed by atoms with Crippen LogP contribution in [0, 0.1) is 0 Å². The lowest BCUT2D eigenvalue weighted by molar-refractivity contribution is 0.621. The maximum atomic E-state index is 6.22. The average molecular weight is 391 g/mol. The topological polar surface area (TPSA) is 62.4 Å². The highest BCUT2D eigenvalue weighted by atomic mass is 15.1. The Kier molecular flexibility index (Phi) is 7.88. The average Bonchev–Trinajstić information content (AvgIpc) is 2.75. The van der Waals surface area contributed by atoms with Gasteiger partial charge in [0, 0.05) is 23.7 Å². The zero-order valence-electron chi connectivity index (χ0n) is 17.7. The van der Waals surface area contributed by atoms with Gasteiger partial charge in [-0.3, -0.25) is 4.99 Å². The molecule has 4 N–H and O–H groups in total. The minimum Gasteiger partial charge on any atom is -0.370 e. The lowest BCUT2D eigenvalue weighted by atomic mass is 9.78. The number of allylic oxidation sites excluding steroid dienone is 1. The third-order valence-electron chi connectivity index (χ3n) is 5.50. The first kappa shape index (κ1) is 21.1. The van der Waals surface area contributed by atoms with E-state index in [1.807, 2.05) is 0 Å². The summed E-state index contributed by atoms with van der Waals surface area (Å²) in [6.07, 6.45) is 4.43. The number of nitrogens with two attached hydrogens (primary N) is 1. The molecule has 0 heterocycles. The summed E-state index contributed by atoms with van der Waals surface area (Å²) in [7, 11) is 0. The highest BCUT2D eigenvalue weighted by Gasteiger charge is 2.26. The molecule has 0 aromatic heterocycles. The highest BCUT2D eigenvalue weighted by molar-refractivity contribution is 5.90. The van der Waals surface area contributed by atoms with Crippen LogP contribution in [0.1, 0.15) is 62.1 Å². The van der Waals surface area contributed by atoms with Gasteiger partial charge in [-0.25, -0.2) is 0 Å². The second kappa shape index (κ2) is 10.8. The molecule has 154 valence electrons. The van der Waals surface area contributed by atoms with Crippen molar-refractivity contribution < 1.29 is 0 Å². The molecule has 0 aliphatic heterocycles. The van der Waals surface area contributed by atoms with Gasteiger partial charge in [0.1, 0.15) is 0 Å². The Labute approximate surface area is 175 Å². The van der Waals surface area contributed by atoms with E-state index in [0.29, 0.717) is 11.9 Å². The Hall–Kier alpha value is -2.59. The van der Waals surface area contributed by atoms with Crippen LogP contribution in [0.4, 0.5) is 0 Å². The van der Waals surface area contributed by atoms with Crippen molar-refractivity contribution >= 4 is 11.7 Å². The van der Waals surface area contributed by atoms with Crippen molar-refractivity contribution in [3.63, 3.8) is 0 Å². The lowest BCUT2D eigenvalue weighted by Crippen LogP contribution is -2.33. The maximum absolute atomic E-state index is 6.22. The van der Waals surface area contributed by atoms with Gasteiger partial charge in [-0.1, -0.05) is 67.9 Å². The molecule has 1 atom stereocenters. The van der Waals surface area contributed by atoms with Crippen LogP contribution >= 0.6 is 0 Å². The minimum atomic E-state index is 0.380. The normalized spacial score (nSPS) is 16.6. The van der Waals surface area contributed by atoms with Gasteiger partial charge in [-0.2, -0.15) is 0 Å². The smallest absolute Gasteiger partial charge is 0.193 e. The first-order chi connectivity index (χ1) is 14.2. The molecule has 0 saturated heterocycles. The Morgan fingerprint density at radius 2 is 1.76 bits per heavy atom. The predicted octanol–water partition coefficient (Wildman–Crippen LogP) is 4.64. The third kappa shape index (κ3) is 5.70. The van der Waals surface area contributed by atoms with E-state index in [0.717, 1.165) is 38.2 Å². The van der Waals surface area contributed by atoms with Crippen LogP contribution in [0.5, 0.6) is 0 Å². The van der Waals surface area contributed by atoms with Crippen LogP contribution in [-0.2, 0) is 0 Å². The van der Waals surface area contributed by atoms with Gasteiger partial charge in [0.2, 0.25) is 0 Å². The molecule has 1 unspecified atom stereocenters. The SMILES string of the molecule is CCCCNCCCN=C(N)NC1=C(C)CC(c2ccccc2)c2ccccc21. The molecule has 3 rings (SSSR count). The van der Waals surface area contributed by atoms with Gasteiger partial charge in [-0.05, 0) is 56.0 Å². The fourth-order valence-corrected chi connectivity index (χ4v) is 3.93. The molecule has 2 aromatic rings. The predicted molar refractivity (Wildman–Crippen MR) is 124 cm³/mol. The Morgan fingerprint density at radius 1 is 1.03 bits per heavy atom. The molecule has 29 heavy (non-hydrogen) atoms. The van der Waals surface area contributed by atoms with E-state index < -0.39 is 0 Å². The largest absolute Gasteiger partial charge is 0.370 e. The Balaban J connectivity index is 1.67. The third-order valence-corrected chi connectivity index (χ3v) is 5.50. The number of guanidine groups is 1. The van der Waals surface area contributed by atoms with Gasteiger partial charge >= 0.3 is 0 Å². The molecular weight excluding hydrogens is 356 g/mol.